The first-order valence-electron chi connectivity index (χ1n) is 12.6. The number of hydrogen-bond donors (Lipinski definition) is 2. The number of hydrogen-bond acceptors (Lipinski definition) is 5. The van der Waals surface area contributed by atoms with E-state index in [0.717, 1.165) is 16.8 Å². The Balaban J connectivity index is 1.57. The molecule has 188 valence electrons. The second-order valence-corrected chi connectivity index (χ2v) is 10.00. The third kappa shape index (κ3) is 4.08. The molecule has 0 aromatic heterocycles. The maximum atomic E-state index is 6.38. The summed E-state index contributed by atoms with van der Waals surface area (Å²) < 4.78 is 0. The molecule has 0 saturated heterocycles. The van der Waals surface area contributed by atoms with E-state index < -0.39 is 0 Å². The van der Waals surface area contributed by atoms with Gasteiger partial charge in [-0.2, -0.15) is 0 Å². The van der Waals surface area contributed by atoms with E-state index in [-0.39, 0.29) is 5.41 Å². The maximum Gasteiger partial charge on any atom is 0.159 e. The second kappa shape index (κ2) is 9.20. The van der Waals surface area contributed by atoms with Crippen molar-refractivity contribution in [3.05, 3.63) is 126 Å². The van der Waals surface area contributed by atoms with Crippen molar-refractivity contribution in [1.29, 1.82) is 0 Å². The van der Waals surface area contributed by atoms with Crippen LogP contribution in [0.1, 0.15) is 25.0 Å². The summed E-state index contributed by atoms with van der Waals surface area (Å²) in [6, 6.07) is 37.7. The molecule has 5 heteroatoms. The lowest BCUT2D eigenvalue weighted by Gasteiger charge is -2.30. The summed E-state index contributed by atoms with van der Waals surface area (Å²) >= 11 is 0. The van der Waals surface area contributed by atoms with Crippen molar-refractivity contribution >= 4 is 17.1 Å². The second-order valence-electron chi connectivity index (χ2n) is 10.00. The van der Waals surface area contributed by atoms with Crippen LogP contribution in [0.25, 0.3) is 22.3 Å². The largest absolute Gasteiger partial charge is 0.399 e. The number of rotatable bonds is 6. The lowest BCUT2D eigenvalue weighted by Crippen LogP contribution is -2.32. The zero-order valence-corrected chi connectivity index (χ0v) is 21.4. The molecule has 0 amide bonds. The van der Waals surface area contributed by atoms with E-state index in [9.17, 15) is 0 Å². The highest BCUT2D eigenvalue weighted by Crippen LogP contribution is 2.54. The fourth-order valence-electron chi connectivity index (χ4n) is 5.28. The summed E-state index contributed by atoms with van der Waals surface area (Å²) in [5, 5.41) is 1.48. The molecule has 0 radical (unpaired) electrons. The number of nitrogens with zero attached hydrogens (tertiary/aromatic N) is 1. The quantitative estimate of drug-likeness (QED) is 0.186. The molecular weight excluding hydrogens is 470 g/mol. The van der Waals surface area contributed by atoms with Gasteiger partial charge in [-0.15, -0.1) is 0 Å². The van der Waals surface area contributed by atoms with Crippen LogP contribution in [0.15, 0.2) is 115 Å². The van der Waals surface area contributed by atoms with E-state index in [2.05, 4.69) is 74.5 Å². The normalized spacial score (nSPS) is 12.9. The average Bonchev–Trinajstić information content (AvgIpc) is 3.17. The molecule has 0 bridgehead atoms. The molecule has 0 fully saturated rings. The molecule has 1 aliphatic rings. The highest BCUT2D eigenvalue weighted by Gasteiger charge is 2.39. The summed E-state index contributed by atoms with van der Waals surface area (Å²) in [4.78, 5) is 12.8. The number of anilines is 3. The molecular formula is C33H29N3O2. The standard InChI is InChI=1S/C33H29N3O2/c1-33(2)29-11-7-6-10-27(29)28-20-21-30(31(32(28)33)22-8-4-3-5-9-22)36(37-25-16-12-23(34)13-17-25)38-26-18-14-24(35)15-19-26/h3-21H,34-35H2,1-2H3. The molecule has 0 atom stereocenters. The van der Waals surface area contributed by atoms with Gasteiger partial charge in [-0.1, -0.05) is 74.5 Å². The Morgan fingerprint density at radius 1 is 0.579 bits per heavy atom. The molecule has 0 spiro atoms. The Bertz CT molecular complexity index is 1550. The lowest BCUT2D eigenvalue weighted by molar-refractivity contribution is 0.0732. The van der Waals surface area contributed by atoms with E-state index in [0.29, 0.717) is 22.9 Å². The topological polar surface area (TPSA) is 73.7 Å². The van der Waals surface area contributed by atoms with E-state index in [1.54, 1.807) is 24.3 Å². The van der Waals surface area contributed by atoms with Crippen LogP contribution in [0.4, 0.5) is 17.1 Å². The Hall–Kier alpha value is -4.90. The van der Waals surface area contributed by atoms with Crippen LogP contribution in [0.3, 0.4) is 0 Å². The molecule has 4 N–H and O–H groups in total. The molecule has 0 heterocycles. The Morgan fingerprint density at radius 3 is 1.74 bits per heavy atom. The minimum atomic E-state index is -0.235. The van der Waals surface area contributed by atoms with Gasteiger partial charge in [0.2, 0.25) is 0 Å². The molecule has 5 nitrogen and oxygen atoms in total. The molecule has 38 heavy (non-hydrogen) atoms. The van der Waals surface area contributed by atoms with Gasteiger partial charge in [0.15, 0.2) is 11.5 Å². The molecule has 0 unspecified atom stereocenters. The highest BCUT2D eigenvalue weighted by molar-refractivity contribution is 5.93. The van der Waals surface area contributed by atoms with Crippen LogP contribution in [0.2, 0.25) is 0 Å². The van der Waals surface area contributed by atoms with Crippen molar-refractivity contribution in [3.8, 4) is 33.8 Å². The van der Waals surface area contributed by atoms with Crippen LogP contribution in [-0.2, 0) is 5.41 Å². The first-order valence-corrected chi connectivity index (χ1v) is 12.6. The molecule has 6 rings (SSSR count). The summed E-state index contributed by atoms with van der Waals surface area (Å²) in [6.07, 6.45) is 0. The zero-order chi connectivity index (χ0) is 26.3. The van der Waals surface area contributed by atoms with Crippen LogP contribution in [0, 0.1) is 0 Å². The van der Waals surface area contributed by atoms with Crippen LogP contribution in [0.5, 0.6) is 11.5 Å². The minimum absolute atomic E-state index is 0.235. The van der Waals surface area contributed by atoms with Crippen molar-refractivity contribution in [2.24, 2.45) is 0 Å². The van der Waals surface area contributed by atoms with Gasteiger partial charge in [-0.3, -0.25) is 0 Å². The monoisotopic (exact) mass is 499 g/mol. The average molecular weight is 500 g/mol. The highest BCUT2D eigenvalue weighted by atomic mass is 16.9. The predicted octanol–water partition coefficient (Wildman–Crippen LogP) is 7.62. The summed E-state index contributed by atoms with van der Waals surface area (Å²) in [5.41, 5.74) is 20.8. The van der Waals surface area contributed by atoms with Crippen LogP contribution in [-0.4, -0.2) is 0 Å². The fourth-order valence-corrected chi connectivity index (χ4v) is 5.28. The maximum absolute atomic E-state index is 6.38. The molecule has 0 saturated carbocycles. The number of benzene rings is 5. The van der Waals surface area contributed by atoms with Gasteiger partial charge in [0.1, 0.15) is 5.69 Å². The molecule has 1 aliphatic carbocycles. The van der Waals surface area contributed by atoms with E-state index in [1.165, 1.54) is 27.5 Å². The van der Waals surface area contributed by atoms with Gasteiger partial charge in [0, 0.05) is 22.4 Å². The van der Waals surface area contributed by atoms with Gasteiger partial charge in [0.05, 0.1) is 0 Å². The first-order chi connectivity index (χ1) is 18.4. The van der Waals surface area contributed by atoms with Crippen molar-refractivity contribution in [2.75, 3.05) is 16.7 Å². The summed E-state index contributed by atoms with van der Waals surface area (Å²) in [5.74, 6) is 1.19. The van der Waals surface area contributed by atoms with Gasteiger partial charge >= 0.3 is 0 Å². The third-order valence-corrected chi connectivity index (χ3v) is 7.09. The van der Waals surface area contributed by atoms with Crippen LogP contribution < -0.4 is 26.4 Å². The Morgan fingerprint density at radius 2 is 1.13 bits per heavy atom. The predicted molar refractivity (Wildman–Crippen MR) is 155 cm³/mol. The summed E-state index contributed by atoms with van der Waals surface area (Å²) in [6.45, 7) is 4.56. The van der Waals surface area contributed by atoms with Gasteiger partial charge in [-0.25, -0.2) is 0 Å². The molecule has 5 aromatic carbocycles. The zero-order valence-electron chi connectivity index (χ0n) is 21.4. The van der Waals surface area contributed by atoms with Crippen molar-refractivity contribution < 1.29 is 9.68 Å². The van der Waals surface area contributed by atoms with Gasteiger partial charge < -0.3 is 21.1 Å². The lowest BCUT2D eigenvalue weighted by atomic mass is 9.78. The van der Waals surface area contributed by atoms with Crippen molar-refractivity contribution in [2.45, 2.75) is 19.3 Å². The van der Waals surface area contributed by atoms with E-state index in [4.69, 9.17) is 21.1 Å². The summed E-state index contributed by atoms with van der Waals surface area (Å²) in [7, 11) is 0. The number of nitrogen functional groups attached to an aromatic ring is 2. The van der Waals surface area contributed by atoms with Gasteiger partial charge in [-0.05, 0) is 87.6 Å². The third-order valence-electron chi connectivity index (χ3n) is 7.09. The first kappa shape index (κ1) is 23.5. The van der Waals surface area contributed by atoms with Gasteiger partial charge in [0.25, 0.3) is 0 Å². The smallest absolute Gasteiger partial charge is 0.159 e. The Labute approximate surface area is 222 Å². The fraction of sp³-hybridized carbons (Fsp3) is 0.0909. The number of nitrogens with two attached hydrogens (primary N) is 2. The Kier molecular flexibility index (Phi) is 5.69. The van der Waals surface area contributed by atoms with E-state index in [1.807, 2.05) is 30.3 Å². The van der Waals surface area contributed by atoms with Crippen LogP contribution >= 0.6 is 0 Å². The minimum Gasteiger partial charge on any atom is -0.399 e. The SMILES string of the molecule is CC1(C)c2ccccc2-c2ccc(N(Oc3ccc(N)cc3)Oc3ccc(N)cc3)c(-c3ccccc3)c21. The molecule has 0 aliphatic heterocycles. The van der Waals surface area contributed by atoms with Crippen molar-refractivity contribution in [1.82, 2.24) is 0 Å². The van der Waals surface area contributed by atoms with E-state index >= 15 is 0 Å². The van der Waals surface area contributed by atoms with Crippen molar-refractivity contribution in [3.63, 3.8) is 0 Å². The number of fused-ring (bicyclic) bond motifs is 3. The molecule has 5 aromatic rings.